The van der Waals surface area contributed by atoms with Crippen molar-refractivity contribution in [1.82, 2.24) is 0 Å². The molecule has 0 spiro atoms. The normalized spacial score (nSPS) is 19.1. The topological polar surface area (TPSA) is 29.5 Å². The molecule has 0 amide bonds. The summed E-state index contributed by atoms with van der Waals surface area (Å²) in [6, 6.07) is 10.4. The highest BCUT2D eigenvalue weighted by molar-refractivity contribution is 6.54. The standard InChI is InChI=1S/C17H23BO2/c1-13(2)14(3)17-12-11-16(20-18(17)19)10-9-15-7-5-4-6-8-15/h4-8,12-13,16,19H,3,9-11H2,1-2H3. The summed E-state index contributed by atoms with van der Waals surface area (Å²) in [5.41, 5.74) is 3.14. The first-order valence-corrected chi connectivity index (χ1v) is 7.34. The molecule has 1 atom stereocenters. The van der Waals surface area contributed by atoms with Gasteiger partial charge in [-0.2, -0.15) is 0 Å². The summed E-state index contributed by atoms with van der Waals surface area (Å²) in [6.07, 6.45) is 4.94. The van der Waals surface area contributed by atoms with Crippen LogP contribution in [0.1, 0.15) is 32.3 Å². The van der Waals surface area contributed by atoms with E-state index in [0.29, 0.717) is 5.92 Å². The fourth-order valence-electron chi connectivity index (χ4n) is 2.45. The van der Waals surface area contributed by atoms with E-state index in [-0.39, 0.29) is 6.10 Å². The van der Waals surface area contributed by atoms with Crippen molar-refractivity contribution < 1.29 is 9.68 Å². The largest absolute Gasteiger partial charge is 0.491 e. The SMILES string of the molecule is C=C(C1=CCC(CCc2ccccc2)OB1O)C(C)C. The van der Waals surface area contributed by atoms with Crippen LogP contribution in [0.25, 0.3) is 0 Å². The zero-order valence-corrected chi connectivity index (χ0v) is 12.4. The number of hydrogen-bond acceptors (Lipinski definition) is 2. The Morgan fingerprint density at radius 1 is 1.40 bits per heavy atom. The Hall–Kier alpha value is -1.32. The third kappa shape index (κ3) is 3.84. The number of benzene rings is 1. The molecule has 0 aliphatic carbocycles. The van der Waals surface area contributed by atoms with Crippen molar-refractivity contribution in [3.63, 3.8) is 0 Å². The van der Waals surface area contributed by atoms with Gasteiger partial charge in [-0.25, -0.2) is 0 Å². The molecule has 1 unspecified atom stereocenters. The maximum Gasteiger partial charge on any atom is 0.491 e. The molecule has 0 saturated heterocycles. The minimum Gasteiger partial charge on any atom is -0.423 e. The fraction of sp³-hybridized carbons (Fsp3) is 0.412. The van der Waals surface area contributed by atoms with Crippen LogP contribution in [0.15, 0.2) is 54.0 Å². The Kier molecular flexibility index (Phi) is 5.21. The van der Waals surface area contributed by atoms with Crippen LogP contribution in [-0.2, 0) is 11.1 Å². The van der Waals surface area contributed by atoms with Crippen molar-refractivity contribution in [2.24, 2.45) is 5.92 Å². The van der Waals surface area contributed by atoms with Gasteiger partial charge in [0.1, 0.15) is 0 Å². The zero-order valence-electron chi connectivity index (χ0n) is 12.4. The van der Waals surface area contributed by atoms with Crippen LogP contribution in [0.2, 0.25) is 0 Å². The van der Waals surface area contributed by atoms with Crippen molar-refractivity contribution >= 4 is 7.12 Å². The highest BCUT2D eigenvalue weighted by atomic mass is 16.5. The molecule has 0 bridgehead atoms. The Labute approximate surface area is 122 Å². The van der Waals surface area contributed by atoms with Crippen LogP contribution in [0.4, 0.5) is 0 Å². The molecule has 0 fully saturated rings. The van der Waals surface area contributed by atoms with Crippen LogP contribution >= 0.6 is 0 Å². The minimum atomic E-state index is -0.820. The van der Waals surface area contributed by atoms with Gasteiger partial charge in [-0.3, -0.25) is 0 Å². The summed E-state index contributed by atoms with van der Waals surface area (Å²) >= 11 is 0. The number of aryl methyl sites for hydroxylation is 1. The van der Waals surface area contributed by atoms with Crippen molar-refractivity contribution in [3.8, 4) is 0 Å². The van der Waals surface area contributed by atoms with E-state index in [4.69, 9.17) is 4.65 Å². The van der Waals surface area contributed by atoms with Gasteiger partial charge in [0.2, 0.25) is 0 Å². The molecule has 106 valence electrons. The second-order valence-electron chi connectivity index (χ2n) is 5.71. The van der Waals surface area contributed by atoms with E-state index < -0.39 is 7.12 Å². The third-order valence-electron chi connectivity index (χ3n) is 3.85. The van der Waals surface area contributed by atoms with Crippen LogP contribution in [0.3, 0.4) is 0 Å². The maximum absolute atomic E-state index is 10.1. The molecule has 3 heteroatoms. The predicted octanol–water partition coefficient (Wildman–Crippen LogP) is 3.57. The van der Waals surface area contributed by atoms with Crippen molar-refractivity contribution in [1.29, 1.82) is 0 Å². The highest BCUT2D eigenvalue weighted by Crippen LogP contribution is 2.26. The Morgan fingerprint density at radius 2 is 2.10 bits per heavy atom. The second-order valence-corrected chi connectivity index (χ2v) is 5.71. The maximum atomic E-state index is 10.1. The lowest BCUT2D eigenvalue weighted by molar-refractivity contribution is 0.157. The number of rotatable bonds is 5. The van der Waals surface area contributed by atoms with Gasteiger partial charge in [-0.05, 0) is 36.2 Å². The molecule has 0 radical (unpaired) electrons. The summed E-state index contributed by atoms with van der Waals surface area (Å²) < 4.78 is 5.72. The van der Waals surface area contributed by atoms with Crippen LogP contribution in [-0.4, -0.2) is 18.2 Å². The lowest BCUT2D eigenvalue weighted by Gasteiger charge is -2.27. The summed E-state index contributed by atoms with van der Waals surface area (Å²) in [6.45, 7) is 8.20. The molecule has 20 heavy (non-hydrogen) atoms. The molecular weight excluding hydrogens is 247 g/mol. The molecule has 0 saturated carbocycles. The predicted molar refractivity (Wildman–Crippen MR) is 84.3 cm³/mol. The first-order valence-electron chi connectivity index (χ1n) is 7.34. The summed E-state index contributed by atoms with van der Waals surface area (Å²) in [5, 5.41) is 10.1. The van der Waals surface area contributed by atoms with Gasteiger partial charge >= 0.3 is 7.12 Å². The van der Waals surface area contributed by atoms with Crippen molar-refractivity contribution in [2.75, 3.05) is 0 Å². The fourth-order valence-corrected chi connectivity index (χ4v) is 2.45. The van der Waals surface area contributed by atoms with Crippen molar-refractivity contribution in [2.45, 2.75) is 39.2 Å². The van der Waals surface area contributed by atoms with Crippen LogP contribution in [0, 0.1) is 5.92 Å². The monoisotopic (exact) mass is 270 g/mol. The van der Waals surface area contributed by atoms with Crippen LogP contribution < -0.4 is 0 Å². The first-order chi connectivity index (χ1) is 9.58. The van der Waals surface area contributed by atoms with Gasteiger partial charge in [0.05, 0.1) is 0 Å². The number of allylic oxidation sites excluding steroid dienone is 2. The van der Waals surface area contributed by atoms with E-state index >= 15 is 0 Å². The van der Waals surface area contributed by atoms with Gasteiger partial charge in [0.25, 0.3) is 0 Å². The second kappa shape index (κ2) is 6.91. The quantitative estimate of drug-likeness (QED) is 0.829. The molecule has 1 aromatic rings. The highest BCUT2D eigenvalue weighted by Gasteiger charge is 2.30. The van der Waals surface area contributed by atoms with Gasteiger partial charge in [0, 0.05) is 6.10 Å². The van der Waals surface area contributed by atoms with E-state index in [1.165, 1.54) is 5.56 Å². The van der Waals surface area contributed by atoms with E-state index in [0.717, 1.165) is 30.3 Å². The van der Waals surface area contributed by atoms with Crippen molar-refractivity contribution in [3.05, 3.63) is 59.6 Å². The summed E-state index contributed by atoms with van der Waals surface area (Å²) in [7, 11) is -0.820. The summed E-state index contributed by atoms with van der Waals surface area (Å²) in [5.74, 6) is 0.334. The lowest BCUT2D eigenvalue weighted by atomic mass is 9.69. The zero-order chi connectivity index (χ0) is 14.5. The lowest BCUT2D eigenvalue weighted by Crippen LogP contribution is -2.33. The van der Waals surface area contributed by atoms with Gasteiger partial charge in [-0.15, -0.1) is 0 Å². The molecule has 1 aliphatic heterocycles. The minimum absolute atomic E-state index is 0.0916. The van der Waals surface area contributed by atoms with Gasteiger partial charge < -0.3 is 9.68 Å². The molecule has 1 aromatic carbocycles. The average Bonchev–Trinajstić information content (AvgIpc) is 2.45. The first kappa shape index (κ1) is 15.1. The number of hydrogen-bond donors (Lipinski definition) is 1. The average molecular weight is 270 g/mol. The van der Waals surface area contributed by atoms with E-state index in [1.807, 2.05) is 6.07 Å². The Balaban J connectivity index is 1.90. The van der Waals surface area contributed by atoms with Crippen LogP contribution in [0.5, 0.6) is 0 Å². The Bertz CT molecular complexity index is 479. The Morgan fingerprint density at radius 3 is 2.70 bits per heavy atom. The van der Waals surface area contributed by atoms with Gasteiger partial charge in [0.15, 0.2) is 0 Å². The third-order valence-corrected chi connectivity index (χ3v) is 3.85. The van der Waals surface area contributed by atoms with Gasteiger partial charge in [-0.1, -0.05) is 62.4 Å². The molecule has 1 N–H and O–H groups in total. The molecular formula is C17H23BO2. The smallest absolute Gasteiger partial charge is 0.423 e. The van der Waals surface area contributed by atoms with E-state index in [2.05, 4.69) is 50.8 Å². The molecule has 2 nitrogen and oxygen atoms in total. The molecule has 1 aliphatic rings. The van der Waals surface area contributed by atoms with E-state index in [1.54, 1.807) is 0 Å². The molecule has 0 aromatic heterocycles. The summed E-state index contributed by atoms with van der Waals surface area (Å²) in [4.78, 5) is 0. The molecule has 2 rings (SSSR count). The van der Waals surface area contributed by atoms with E-state index in [9.17, 15) is 5.02 Å². The molecule has 1 heterocycles.